The van der Waals surface area contributed by atoms with E-state index in [1.165, 1.54) is 5.56 Å². The molecule has 0 spiro atoms. The Labute approximate surface area is 88.6 Å². The van der Waals surface area contributed by atoms with Crippen molar-refractivity contribution in [1.29, 1.82) is 0 Å². The van der Waals surface area contributed by atoms with Crippen molar-refractivity contribution in [2.75, 3.05) is 0 Å². The van der Waals surface area contributed by atoms with Gasteiger partial charge in [-0.1, -0.05) is 6.07 Å². The third-order valence-corrected chi connectivity index (χ3v) is 2.33. The number of nitrogens with two attached hydrogens (primary N) is 1. The summed E-state index contributed by atoms with van der Waals surface area (Å²) in [6, 6.07) is 4.05. The van der Waals surface area contributed by atoms with Crippen LogP contribution in [-0.4, -0.2) is 15.0 Å². The van der Waals surface area contributed by atoms with E-state index in [0.29, 0.717) is 6.54 Å². The van der Waals surface area contributed by atoms with Crippen LogP contribution in [0.3, 0.4) is 0 Å². The third-order valence-electron chi connectivity index (χ3n) is 2.33. The number of aromatic nitrogens is 3. The Morgan fingerprint density at radius 3 is 2.73 bits per heavy atom. The third kappa shape index (κ3) is 2.63. The van der Waals surface area contributed by atoms with Crippen LogP contribution in [0.5, 0.6) is 0 Å². The van der Waals surface area contributed by atoms with Gasteiger partial charge in [-0.15, -0.1) is 0 Å². The molecule has 2 aromatic rings. The summed E-state index contributed by atoms with van der Waals surface area (Å²) in [4.78, 5) is 11.3. The van der Waals surface area contributed by atoms with Gasteiger partial charge in [0.05, 0.1) is 12.0 Å². The molecule has 4 nitrogen and oxygen atoms in total. The van der Waals surface area contributed by atoms with Crippen LogP contribution in [0.4, 0.5) is 0 Å². The summed E-state index contributed by atoms with van der Waals surface area (Å²) in [5.41, 5.74) is 8.78. The highest BCUT2D eigenvalue weighted by Crippen LogP contribution is 2.04. The van der Waals surface area contributed by atoms with Crippen LogP contribution >= 0.6 is 0 Å². The highest BCUT2D eigenvalue weighted by molar-refractivity contribution is 5.15. The van der Waals surface area contributed by atoms with Crippen molar-refractivity contribution in [1.82, 2.24) is 15.0 Å². The van der Waals surface area contributed by atoms with Crippen LogP contribution in [0.2, 0.25) is 0 Å². The first-order chi connectivity index (χ1) is 7.38. The molecule has 0 saturated carbocycles. The summed E-state index contributed by atoms with van der Waals surface area (Å²) in [6.07, 6.45) is 7.37. The fourth-order valence-electron chi connectivity index (χ4n) is 1.42. The monoisotopic (exact) mass is 202 g/mol. The van der Waals surface area contributed by atoms with E-state index >= 15 is 0 Å². The van der Waals surface area contributed by atoms with E-state index in [-0.39, 0.29) is 0 Å². The second-order valence-electron chi connectivity index (χ2n) is 3.44. The number of aromatic amines is 1. The van der Waals surface area contributed by atoms with Crippen molar-refractivity contribution in [2.45, 2.75) is 19.4 Å². The zero-order chi connectivity index (χ0) is 10.5. The van der Waals surface area contributed by atoms with Gasteiger partial charge in [0.1, 0.15) is 0 Å². The number of H-pyrrole nitrogens is 1. The van der Waals surface area contributed by atoms with Gasteiger partial charge in [-0.2, -0.15) is 0 Å². The molecule has 0 radical (unpaired) electrons. The van der Waals surface area contributed by atoms with Crippen LogP contribution in [0.25, 0.3) is 0 Å². The van der Waals surface area contributed by atoms with Crippen LogP contribution in [0, 0.1) is 0 Å². The maximum Gasteiger partial charge on any atom is 0.0921 e. The number of rotatable bonds is 4. The first-order valence-electron chi connectivity index (χ1n) is 4.99. The Hall–Kier alpha value is -1.68. The molecule has 0 aliphatic rings. The molecule has 0 unspecified atom stereocenters. The second kappa shape index (κ2) is 4.70. The molecule has 0 atom stereocenters. The first-order valence-corrected chi connectivity index (χ1v) is 4.99. The normalized spacial score (nSPS) is 10.5. The molecule has 2 rings (SSSR count). The molecule has 0 fully saturated rings. The number of hydrogen-bond acceptors (Lipinski definition) is 3. The Kier molecular flexibility index (Phi) is 3.09. The Morgan fingerprint density at radius 1 is 1.20 bits per heavy atom. The molecule has 2 aromatic heterocycles. The molecule has 0 saturated heterocycles. The lowest BCUT2D eigenvalue weighted by molar-refractivity contribution is 0.904. The van der Waals surface area contributed by atoms with E-state index in [1.807, 2.05) is 18.5 Å². The molecule has 0 aliphatic heterocycles. The number of imidazole rings is 1. The topological polar surface area (TPSA) is 67.6 Å². The van der Waals surface area contributed by atoms with Crippen LogP contribution in [-0.2, 0) is 19.4 Å². The Balaban J connectivity index is 1.93. The van der Waals surface area contributed by atoms with E-state index in [1.54, 1.807) is 6.33 Å². The molecule has 78 valence electrons. The minimum absolute atomic E-state index is 0.501. The zero-order valence-electron chi connectivity index (χ0n) is 8.48. The molecule has 15 heavy (non-hydrogen) atoms. The molecular formula is C11H14N4. The van der Waals surface area contributed by atoms with Gasteiger partial charge in [-0.25, -0.2) is 4.98 Å². The highest BCUT2D eigenvalue weighted by Gasteiger charge is 1.97. The second-order valence-corrected chi connectivity index (χ2v) is 3.44. The summed E-state index contributed by atoms with van der Waals surface area (Å²) < 4.78 is 0. The SMILES string of the molecule is NCc1ccc(CCc2cnc[nH]2)cn1. The molecule has 3 N–H and O–H groups in total. The minimum atomic E-state index is 0.501. The molecule has 0 amide bonds. The van der Waals surface area contributed by atoms with Crippen molar-refractivity contribution >= 4 is 0 Å². The predicted octanol–water partition coefficient (Wildman–Crippen LogP) is 1.05. The molecule has 0 aromatic carbocycles. The maximum absolute atomic E-state index is 5.48. The average molecular weight is 202 g/mol. The van der Waals surface area contributed by atoms with Gasteiger partial charge >= 0.3 is 0 Å². The molecular weight excluding hydrogens is 188 g/mol. The summed E-state index contributed by atoms with van der Waals surface area (Å²) in [5.74, 6) is 0. The van der Waals surface area contributed by atoms with Crippen LogP contribution in [0.1, 0.15) is 17.0 Å². The van der Waals surface area contributed by atoms with Gasteiger partial charge in [0.15, 0.2) is 0 Å². The average Bonchev–Trinajstić information content (AvgIpc) is 2.80. The van der Waals surface area contributed by atoms with E-state index in [9.17, 15) is 0 Å². The van der Waals surface area contributed by atoms with E-state index in [4.69, 9.17) is 5.73 Å². The summed E-state index contributed by atoms with van der Waals surface area (Å²) >= 11 is 0. The Bertz CT molecular complexity index is 391. The molecule has 2 heterocycles. The van der Waals surface area contributed by atoms with Crippen molar-refractivity contribution in [3.05, 3.63) is 47.8 Å². The standard InChI is InChI=1S/C11H14N4/c12-5-10-3-1-9(6-14-10)2-4-11-7-13-8-15-11/h1,3,6-8H,2,4-5,12H2,(H,13,15). The van der Waals surface area contributed by atoms with E-state index in [2.05, 4.69) is 21.0 Å². The lowest BCUT2D eigenvalue weighted by atomic mass is 10.1. The molecule has 0 bridgehead atoms. The highest BCUT2D eigenvalue weighted by atomic mass is 14.9. The van der Waals surface area contributed by atoms with Crippen molar-refractivity contribution in [2.24, 2.45) is 5.73 Å². The first kappa shape index (κ1) is 9.86. The van der Waals surface area contributed by atoms with E-state index < -0.39 is 0 Å². The van der Waals surface area contributed by atoms with Crippen LogP contribution < -0.4 is 5.73 Å². The van der Waals surface area contributed by atoms with Gasteiger partial charge in [-0.05, 0) is 24.5 Å². The zero-order valence-corrected chi connectivity index (χ0v) is 8.48. The van der Waals surface area contributed by atoms with Crippen molar-refractivity contribution in [3.63, 3.8) is 0 Å². The number of nitrogens with zero attached hydrogens (tertiary/aromatic N) is 2. The molecule has 0 aliphatic carbocycles. The minimum Gasteiger partial charge on any atom is -0.348 e. The van der Waals surface area contributed by atoms with Gasteiger partial charge in [0, 0.05) is 24.6 Å². The van der Waals surface area contributed by atoms with Crippen molar-refractivity contribution < 1.29 is 0 Å². The van der Waals surface area contributed by atoms with Gasteiger partial charge in [0.25, 0.3) is 0 Å². The Morgan fingerprint density at radius 2 is 2.13 bits per heavy atom. The summed E-state index contributed by atoms with van der Waals surface area (Å²) in [6.45, 7) is 0.501. The predicted molar refractivity (Wildman–Crippen MR) is 58.1 cm³/mol. The quantitative estimate of drug-likeness (QED) is 0.778. The summed E-state index contributed by atoms with van der Waals surface area (Å²) in [5, 5.41) is 0. The van der Waals surface area contributed by atoms with Gasteiger partial charge in [0.2, 0.25) is 0 Å². The number of nitrogens with one attached hydrogen (secondary N) is 1. The molecule has 4 heteroatoms. The lowest BCUT2D eigenvalue weighted by Gasteiger charge is -2.00. The number of pyridine rings is 1. The summed E-state index contributed by atoms with van der Waals surface area (Å²) in [7, 11) is 0. The number of hydrogen-bond donors (Lipinski definition) is 2. The largest absolute Gasteiger partial charge is 0.348 e. The number of aryl methyl sites for hydroxylation is 2. The van der Waals surface area contributed by atoms with Gasteiger partial charge < -0.3 is 10.7 Å². The maximum atomic E-state index is 5.48. The van der Waals surface area contributed by atoms with Gasteiger partial charge in [-0.3, -0.25) is 4.98 Å². The fourth-order valence-corrected chi connectivity index (χ4v) is 1.42. The lowest BCUT2D eigenvalue weighted by Crippen LogP contribution is -2.00. The fraction of sp³-hybridized carbons (Fsp3) is 0.273. The van der Waals surface area contributed by atoms with E-state index in [0.717, 1.165) is 24.2 Å². The van der Waals surface area contributed by atoms with Crippen molar-refractivity contribution in [3.8, 4) is 0 Å². The van der Waals surface area contributed by atoms with Crippen LogP contribution in [0.15, 0.2) is 30.9 Å². The smallest absolute Gasteiger partial charge is 0.0921 e.